The molecule has 2 heterocycles. The van der Waals surface area contributed by atoms with Crippen molar-refractivity contribution in [2.45, 2.75) is 52.2 Å². The van der Waals surface area contributed by atoms with Crippen LogP contribution in [0, 0.1) is 0 Å². The van der Waals surface area contributed by atoms with Gasteiger partial charge in [0.2, 0.25) is 11.8 Å². The van der Waals surface area contributed by atoms with E-state index in [0.29, 0.717) is 5.89 Å². The van der Waals surface area contributed by atoms with Crippen molar-refractivity contribution in [2.24, 2.45) is 0 Å². The zero-order chi connectivity index (χ0) is 13.2. The predicted molar refractivity (Wildman–Crippen MR) is 68.3 cm³/mol. The Kier molecular flexibility index (Phi) is 4.02. The quantitative estimate of drug-likeness (QED) is 0.823. The number of aromatic nitrogens is 2. The van der Waals surface area contributed by atoms with Crippen molar-refractivity contribution in [3.63, 3.8) is 0 Å². The molecule has 1 aromatic rings. The third-order valence-electron chi connectivity index (χ3n) is 3.50. The van der Waals surface area contributed by atoms with Crippen molar-refractivity contribution in [3.05, 3.63) is 11.8 Å². The summed E-state index contributed by atoms with van der Waals surface area (Å²) in [5.74, 6) is 1.72. The van der Waals surface area contributed by atoms with Gasteiger partial charge in [-0.3, -0.25) is 4.90 Å². The second-order valence-corrected chi connectivity index (χ2v) is 5.55. The Morgan fingerprint density at radius 1 is 1.39 bits per heavy atom. The fourth-order valence-electron chi connectivity index (χ4n) is 2.12. The Hall–Kier alpha value is -0.940. The molecule has 0 aromatic carbocycles. The average molecular weight is 253 g/mol. The standard InChI is InChI=1S/C13H23N3O2/c1-5-13(4)9-16(6-7-17-13)8-11-14-15-12(18-11)10(2)3/h10H,5-9H2,1-4H3/t13-/m1/s1. The molecular weight excluding hydrogens is 230 g/mol. The van der Waals surface area contributed by atoms with E-state index in [0.717, 1.165) is 38.6 Å². The van der Waals surface area contributed by atoms with Crippen LogP contribution in [0.5, 0.6) is 0 Å². The molecule has 2 rings (SSSR count). The fraction of sp³-hybridized carbons (Fsp3) is 0.846. The molecule has 0 amide bonds. The zero-order valence-electron chi connectivity index (χ0n) is 11.8. The van der Waals surface area contributed by atoms with E-state index in [1.165, 1.54) is 0 Å². The summed E-state index contributed by atoms with van der Waals surface area (Å²) in [6.45, 7) is 11.8. The van der Waals surface area contributed by atoms with Crippen LogP contribution in [0.1, 0.15) is 51.8 Å². The van der Waals surface area contributed by atoms with E-state index in [2.05, 4.69) is 42.8 Å². The molecule has 1 aliphatic heterocycles. The van der Waals surface area contributed by atoms with E-state index in [4.69, 9.17) is 9.15 Å². The third kappa shape index (κ3) is 3.09. The second kappa shape index (κ2) is 5.36. The lowest BCUT2D eigenvalue weighted by Gasteiger charge is -2.39. The maximum Gasteiger partial charge on any atom is 0.230 e. The van der Waals surface area contributed by atoms with Crippen LogP contribution in [-0.2, 0) is 11.3 Å². The molecule has 5 nitrogen and oxygen atoms in total. The summed E-state index contributed by atoms with van der Waals surface area (Å²) in [5, 5.41) is 8.17. The van der Waals surface area contributed by atoms with Crippen molar-refractivity contribution in [1.29, 1.82) is 0 Å². The molecule has 0 bridgehead atoms. The number of ether oxygens (including phenoxy) is 1. The number of nitrogens with zero attached hydrogens (tertiary/aromatic N) is 3. The first-order valence-electron chi connectivity index (χ1n) is 6.71. The Morgan fingerprint density at radius 2 is 2.17 bits per heavy atom. The SMILES string of the molecule is CC[C@]1(C)CN(Cc2nnc(C(C)C)o2)CCO1. The smallest absolute Gasteiger partial charge is 0.230 e. The van der Waals surface area contributed by atoms with Gasteiger partial charge in [-0.05, 0) is 13.3 Å². The average Bonchev–Trinajstić information content (AvgIpc) is 2.78. The van der Waals surface area contributed by atoms with Crippen molar-refractivity contribution in [1.82, 2.24) is 15.1 Å². The van der Waals surface area contributed by atoms with Crippen LogP contribution in [0.3, 0.4) is 0 Å². The summed E-state index contributed by atoms with van der Waals surface area (Å²) in [7, 11) is 0. The Bertz CT molecular complexity index is 391. The van der Waals surface area contributed by atoms with Crippen LogP contribution >= 0.6 is 0 Å². The summed E-state index contributed by atoms with van der Waals surface area (Å²) < 4.78 is 11.5. The maximum absolute atomic E-state index is 5.82. The van der Waals surface area contributed by atoms with Crippen LogP contribution in [-0.4, -0.2) is 40.4 Å². The third-order valence-corrected chi connectivity index (χ3v) is 3.50. The van der Waals surface area contributed by atoms with Crippen molar-refractivity contribution in [3.8, 4) is 0 Å². The van der Waals surface area contributed by atoms with Gasteiger partial charge in [-0.15, -0.1) is 10.2 Å². The molecule has 0 N–H and O–H groups in total. The summed E-state index contributed by atoms with van der Waals surface area (Å²) in [4.78, 5) is 2.32. The minimum Gasteiger partial charge on any atom is -0.424 e. The monoisotopic (exact) mass is 253 g/mol. The number of hydrogen-bond donors (Lipinski definition) is 0. The first kappa shape index (κ1) is 13.5. The Labute approximate surface area is 109 Å². The predicted octanol–water partition coefficient (Wildman–Crippen LogP) is 2.19. The van der Waals surface area contributed by atoms with Crippen molar-refractivity contribution >= 4 is 0 Å². The van der Waals surface area contributed by atoms with E-state index in [-0.39, 0.29) is 11.5 Å². The molecule has 1 fully saturated rings. The molecule has 0 unspecified atom stereocenters. The van der Waals surface area contributed by atoms with Crippen LogP contribution in [0.15, 0.2) is 4.42 Å². The molecule has 1 aliphatic rings. The normalized spacial score (nSPS) is 25.8. The molecule has 1 saturated heterocycles. The van der Waals surface area contributed by atoms with Gasteiger partial charge in [0, 0.05) is 19.0 Å². The highest BCUT2D eigenvalue weighted by Crippen LogP contribution is 2.22. The molecule has 0 aliphatic carbocycles. The van der Waals surface area contributed by atoms with E-state index in [1.54, 1.807) is 0 Å². The minimum absolute atomic E-state index is 0.0425. The minimum atomic E-state index is -0.0425. The molecule has 0 spiro atoms. The molecular formula is C13H23N3O2. The number of hydrogen-bond acceptors (Lipinski definition) is 5. The van der Waals surface area contributed by atoms with Gasteiger partial charge in [0.05, 0.1) is 18.8 Å². The first-order valence-corrected chi connectivity index (χ1v) is 6.71. The van der Waals surface area contributed by atoms with Crippen LogP contribution in [0.25, 0.3) is 0 Å². The van der Waals surface area contributed by atoms with Gasteiger partial charge in [-0.1, -0.05) is 20.8 Å². The summed E-state index contributed by atoms with van der Waals surface area (Å²) >= 11 is 0. The first-order chi connectivity index (χ1) is 8.52. The number of morpholine rings is 1. The highest BCUT2D eigenvalue weighted by molar-refractivity contribution is 4.89. The Morgan fingerprint density at radius 3 is 2.78 bits per heavy atom. The molecule has 5 heteroatoms. The largest absolute Gasteiger partial charge is 0.424 e. The van der Waals surface area contributed by atoms with Gasteiger partial charge in [-0.25, -0.2) is 0 Å². The molecule has 1 atom stereocenters. The summed E-state index contributed by atoms with van der Waals surface area (Å²) in [5.41, 5.74) is -0.0425. The van der Waals surface area contributed by atoms with Gasteiger partial charge >= 0.3 is 0 Å². The summed E-state index contributed by atoms with van der Waals surface area (Å²) in [6, 6.07) is 0. The van der Waals surface area contributed by atoms with Crippen molar-refractivity contribution in [2.75, 3.05) is 19.7 Å². The van der Waals surface area contributed by atoms with Crippen LogP contribution < -0.4 is 0 Å². The lowest BCUT2D eigenvalue weighted by Crippen LogP contribution is -2.49. The molecule has 1 aromatic heterocycles. The highest BCUT2D eigenvalue weighted by Gasteiger charge is 2.30. The van der Waals surface area contributed by atoms with E-state index >= 15 is 0 Å². The maximum atomic E-state index is 5.82. The fourth-order valence-corrected chi connectivity index (χ4v) is 2.12. The number of rotatable bonds is 4. The van der Waals surface area contributed by atoms with Crippen molar-refractivity contribution < 1.29 is 9.15 Å². The van der Waals surface area contributed by atoms with Gasteiger partial charge in [0.1, 0.15) is 0 Å². The van der Waals surface area contributed by atoms with Gasteiger partial charge in [-0.2, -0.15) is 0 Å². The topological polar surface area (TPSA) is 51.4 Å². The lowest BCUT2D eigenvalue weighted by molar-refractivity contribution is -0.103. The van der Waals surface area contributed by atoms with Gasteiger partial charge in [0.15, 0.2) is 0 Å². The van der Waals surface area contributed by atoms with Gasteiger partial charge < -0.3 is 9.15 Å². The van der Waals surface area contributed by atoms with E-state index in [1.807, 2.05) is 0 Å². The van der Waals surface area contributed by atoms with E-state index in [9.17, 15) is 0 Å². The highest BCUT2D eigenvalue weighted by atomic mass is 16.5. The summed E-state index contributed by atoms with van der Waals surface area (Å²) in [6.07, 6.45) is 1.02. The van der Waals surface area contributed by atoms with Crippen LogP contribution in [0.4, 0.5) is 0 Å². The molecule has 18 heavy (non-hydrogen) atoms. The van der Waals surface area contributed by atoms with Crippen LogP contribution in [0.2, 0.25) is 0 Å². The lowest BCUT2D eigenvalue weighted by atomic mass is 10.0. The Balaban J connectivity index is 1.96. The molecule has 0 radical (unpaired) electrons. The molecule has 0 saturated carbocycles. The second-order valence-electron chi connectivity index (χ2n) is 5.55. The van der Waals surface area contributed by atoms with E-state index < -0.39 is 0 Å². The molecule has 102 valence electrons. The zero-order valence-corrected chi connectivity index (χ0v) is 11.8. The van der Waals surface area contributed by atoms with Gasteiger partial charge in [0.25, 0.3) is 0 Å².